The second-order valence-electron chi connectivity index (χ2n) is 8.71. The van der Waals surface area contributed by atoms with Crippen molar-refractivity contribution in [3.05, 3.63) is 81.0 Å². The predicted octanol–water partition coefficient (Wildman–Crippen LogP) is 3.91. The summed E-state index contributed by atoms with van der Waals surface area (Å²) in [6.07, 6.45) is 1.35. The van der Waals surface area contributed by atoms with E-state index >= 15 is 0 Å². The second kappa shape index (κ2) is 9.67. The molecule has 11 heteroatoms. The summed E-state index contributed by atoms with van der Waals surface area (Å²) in [5, 5.41) is 29.5. The first-order valence-corrected chi connectivity index (χ1v) is 11.7. The minimum atomic E-state index is -0.608. The van der Waals surface area contributed by atoms with E-state index in [1.807, 2.05) is 49.1 Å². The zero-order valence-corrected chi connectivity index (χ0v) is 20.3. The van der Waals surface area contributed by atoms with Crippen molar-refractivity contribution in [1.82, 2.24) is 14.8 Å². The number of nitro groups is 1. The Balaban J connectivity index is 1.51. The SMILES string of the molecule is Cc1cc(-n2ncc(C#N)c2NC(=O)c2ccc(N3CCOCC3)c([N+](=O)[O-])c2)nc2c(C)cccc12. The van der Waals surface area contributed by atoms with Crippen molar-refractivity contribution in [1.29, 1.82) is 5.26 Å². The van der Waals surface area contributed by atoms with Gasteiger partial charge in [-0.25, -0.2) is 4.98 Å². The van der Waals surface area contributed by atoms with Gasteiger partial charge in [0.15, 0.2) is 11.6 Å². The first kappa shape index (κ1) is 23.9. The Labute approximate surface area is 212 Å². The molecule has 5 rings (SSSR count). The highest BCUT2D eigenvalue weighted by Gasteiger charge is 2.25. The fraction of sp³-hybridized carbons (Fsp3) is 0.231. The number of ether oxygens (including phenoxy) is 1. The van der Waals surface area contributed by atoms with Crippen molar-refractivity contribution in [3.8, 4) is 11.9 Å². The molecule has 3 heterocycles. The van der Waals surface area contributed by atoms with Crippen LogP contribution >= 0.6 is 0 Å². The Morgan fingerprint density at radius 2 is 1.95 bits per heavy atom. The quantitative estimate of drug-likeness (QED) is 0.323. The number of nitrogens with one attached hydrogen (secondary N) is 1. The minimum Gasteiger partial charge on any atom is -0.378 e. The molecule has 0 bridgehead atoms. The van der Waals surface area contributed by atoms with E-state index in [0.29, 0.717) is 37.8 Å². The highest BCUT2D eigenvalue weighted by atomic mass is 16.6. The summed E-state index contributed by atoms with van der Waals surface area (Å²) >= 11 is 0. The van der Waals surface area contributed by atoms with Gasteiger partial charge in [-0.2, -0.15) is 15.0 Å². The monoisotopic (exact) mass is 497 g/mol. The Bertz CT molecular complexity index is 1580. The first-order valence-electron chi connectivity index (χ1n) is 11.7. The maximum Gasteiger partial charge on any atom is 0.293 e. The Morgan fingerprint density at radius 3 is 2.68 bits per heavy atom. The third kappa shape index (κ3) is 4.46. The third-order valence-corrected chi connectivity index (χ3v) is 6.36. The van der Waals surface area contributed by atoms with E-state index in [1.165, 1.54) is 23.0 Å². The molecule has 0 radical (unpaired) electrons. The number of carbonyl (C=O) groups excluding carboxylic acids is 1. The van der Waals surface area contributed by atoms with Crippen LogP contribution in [0, 0.1) is 35.3 Å². The van der Waals surface area contributed by atoms with Gasteiger partial charge in [-0.15, -0.1) is 0 Å². The molecule has 1 aliphatic rings. The van der Waals surface area contributed by atoms with Gasteiger partial charge in [-0.3, -0.25) is 14.9 Å². The van der Waals surface area contributed by atoms with Crippen LogP contribution in [0.4, 0.5) is 17.2 Å². The second-order valence-corrected chi connectivity index (χ2v) is 8.71. The Kier molecular flexibility index (Phi) is 6.25. The van der Waals surface area contributed by atoms with Gasteiger partial charge in [0.05, 0.1) is 29.9 Å². The number of rotatable bonds is 5. The molecule has 1 saturated heterocycles. The normalized spacial score (nSPS) is 13.4. The van der Waals surface area contributed by atoms with Crippen molar-refractivity contribution in [3.63, 3.8) is 0 Å². The average Bonchev–Trinajstić information content (AvgIpc) is 3.31. The zero-order valence-electron chi connectivity index (χ0n) is 20.3. The zero-order chi connectivity index (χ0) is 26.1. The summed E-state index contributed by atoms with van der Waals surface area (Å²) in [4.78, 5) is 31.1. The number of para-hydroxylation sites is 1. The van der Waals surface area contributed by atoms with Crippen molar-refractivity contribution in [2.45, 2.75) is 13.8 Å². The van der Waals surface area contributed by atoms with Gasteiger partial charge < -0.3 is 15.0 Å². The van der Waals surface area contributed by atoms with Gasteiger partial charge >= 0.3 is 0 Å². The summed E-state index contributed by atoms with van der Waals surface area (Å²) in [7, 11) is 0. The molecule has 0 aliphatic carbocycles. The van der Waals surface area contributed by atoms with Crippen LogP contribution in [0.25, 0.3) is 16.7 Å². The number of nitrogens with zero attached hydrogens (tertiary/aromatic N) is 6. The molecule has 1 aliphatic heterocycles. The number of anilines is 2. The smallest absolute Gasteiger partial charge is 0.293 e. The lowest BCUT2D eigenvalue weighted by Gasteiger charge is -2.28. The molecule has 1 amide bonds. The van der Waals surface area contributed by atoms with Gasteiger partial charge in [-0.1, -0.05) is 18.2 Å². The molecule has 1 N–H and O–H groups in total. The lowest BCUT2D eigenvalue weighted by Crippen LogP contribution is -2.36. The molecule has 2 aromatic carbocycles. The van der Waals surface area contributed by atoms with Crippen molar-refractivity contribution in [2.24, 2.45) is 0 Å². The van der Waals surface area contributed by atoms with E-state index in [9.17, 15) is 20.2 Å². The number of fused-ring (bicyclic) bond motifs is 1. The number of nitro benzene ring substituents is 1. The maximum absolute atomic E-state index is 13.2. The summed E-state index contributed by atoms with van der Waals surface area (Å²) in [6.45, 7) is 5.90. The van der Waals surface area contributed by atoms with Crippen LogP contribution in [0.1, 0.15) is 27.0 Å². The molecule has 4 aromatic rings. The van der Waals surface area contributed by atoms with Crippen LogP contribution in [0.5, 0.6) is 0 Å². The van der Waals surface area contributed by atoms with Gasteiger partial charge in [0.25, 0.3) is 11.6 Å². The van der Waals surface area contributed by atoms with Crippen LogP contribution < -0.4 is 10.2 Å². The van der Waals surface area contributed by atoms with E-state index < -0.39 is 10.8 Å². The number of amides is 1. The van der Waals surface area contributed by atoms with Crippen molar-refractivity contribution >= 4 is 34.0 Å². The largest absolute Gasteiger partial charge is 0.378 e. The van der Waals surface area contributed by atoms with Crippen LogP contribution in [-0.4, -0.2) is 51.9 Å². The first-order chi connectivity index (χ1) is 17.9. The summed E-state index contributed by atoms with van der Waals surface area (Å²) in [6, 6.07) is 14.1. The predicted molar refractivity (Wildman–Crippen MR) is 137 cm³/mol. The summed E-state index contributed by atoms with van der Waals surface area (Å²) < 4.78 is 6.73. The lowest BCUT2D eigenvalue weighted by atomic mass is 10.1. The molecule has 37 heavy (non-hydrogen) atoms. The van der Waals surface area contributed by atoms with Crippen LogP contribution in [-0.2, 0) is 4.74 Å². The van der Waals surface area contributed by atoms with Crippen LogP contribution in [0.3, 0.4) is 0 Å². The van der Waals surface area contributed by atoms with Crippen LogP contribution in [0.2, 0.25) is 0 Å². The molecule has 0 spiro atoms. The maximum atomic E-state index is 13.2. The molecule has 0 atom stereocenters. The molecule has 11 nitrogen and oxygen atoms in total. The van der Waals surface area contributed by atoms with E-state index in [4.69, 9.17) is 9.72 Å². The topological polar surface area (TPSA) is 139 Å². The molecule has 2 aromatic heterocycles. The lowest BCUT2D eigenvalue weighted by molar-refractivity contribution is -0.384. The molecule has 0 unspecified atom stereocenters. The number of aryl methyl sites for hydroxylation is 2. The molecule has 0 saturated carbocycles. The van der Waals surface area contributed by atoms with Gasteiger partial charge in [0, 0.05) is 30.1 Å². The molecule has 1 fully saturated rings. The van der Waals surface area contributed by atoms with Gasteiger partial charge in [0.1, 0.15) is 17.3 Å². The summed E-state index contributed by atoms with van der Waals surface area (Å²) in [5.41, 5.74) is 3.21. The number of pyridine rings is 1. The number of hydrogen-bond acceptors (Lipinski definition) is 8. The number of benzene rings is 2. The van der Waals surface area contributed by atoms with Crippen molar-refractivity contribution < 1.29 is 14.5 Å². The molecular weight excluding hydrogens is 474 g/mol. The third-order valence-electron chi connectivity index (χ3n) is 6.36. The van der Waals surface area contributed by atoms with Gasteiger partial charge in [-0.05, 0) is 43.2 Å². The standard InChI is InChI=1S/C26H23N7O4/c1-16-4-3-5-20-17(2)12-23(29-24(16)20)32-25(19(14-27)15-28-32)30-26(34)18-6-7-21(22(13-18)33(35)36)31-8-10-37-11-9-31/h3-7,12-13,15H,8-11H2,1-2H3,(H,30,34). The van der Waals surface area contributed by atoms with E-state index in [1.54, 1.807) is 6.07 Å². The average molecular weight is 498 g/mol. The molecular formula is C26H23N7O4. The summed E-state index contributed by atoms with van der Waals surface area (Å²) in [5.74, 6) is -0.0411. The highest BCUT2D eigenvalue weighted by molar-refractivity contribution is 6.05. The van der Waals surface area contributed by atoms with Gasteiger partial charge in [0.2, 0.25) is 0 Å². The fourth-order valence-corrected chi connectivity index (χ4v) is 4.44. The van der Waals surface area contributed by atoms with Crippen molar-refractivity contribution in [2.75, 3.05) is 36.5 Å². The Hall–Kier alpha value is -4.82. The van der Waals surface area contributed by atoms with E-state index in [-0.39, 0.29) is 22.6 Å². The van der Waals surface area contributed by atoms with Crippen LogP contribution in [0.15, 0.2) is 48.7 Å². The molecule has 186 valence electrons. The number of morpholine rings is 1. The number of hydrogen-bond donors (Lipinski definition) is 1. The number of nitriles is 1. The number of carbonyl (C=O) groups is 1. The van der Waals surface area contributed by atoms with E-state index in [2.05, 4.69) is 10.4 Å². The fourth-order valence-electron chi connectivity index (χ4n) is 4.44. The Morgan fingerprint density at radius 1 is 1.16 bits per heavy atom. The van der Waals surface area contributed by atoms with E-state index in [0.717, 1.165) is 22.0 Å². The highest BCUT2D eigenvalue weighted by Crippen LogP contribution is 2.31. The minimum absolute atomic E-state index is 0.0823. The number of aromatic nitrogens is 3.